The van der Waals surface area contributed by atoms with Crippen molar-refractivity contribution in [3.8, 4) is 34.4 Å². The lowest BCUT2D eigenvalue weighted by Gasteiger charge is -2.05. The number of nitrogens with zero attached hydrogens (tertiary/aromatic N) is 4. The third-order valence-corrected chi connectivity index (χ3v) is 5.39. The highest BCUT2D eigenvalue weighted by molar-refractivity contribution is 9.10. The quantitative estimate of drug-likeness (QED) is 0.347. The zero-order chi connectivity index (χ0) is 20.2. The van der Waals surface area contributed by atoms with Gasteiger partial charge in [-0.2, -0.15) is 0 Å². The first-order valence-corrected chi connectivity index (χ1v) is 10.2. The maximum absolute atomic E-state index is 5.73. The minimum absolute atomic E-state index is 0.365. The van der Waals surface area contributed by atoms with Crippen LogP contribution in [0.5, 0.6) is 11.5 Å². The molecular formula is C19H15BrN4O4S. The zero-order valence-corrected chi connectivity index (χ0v) is 17.9. The van der Waals surface area contributed by atoms with Crippen LogP contribution in [0.25, 0.3) is 22.9 Å². The summed E-state index contributed by atoms with van der Waals surface area (Å²) in [6, 6.07) is 13.0. The first kappa shape index (κ1) is 19.5. The van der Waals surface area contributed by atoms with Gasteiger partial charge in [0.1, 0.15) is 11.5 Å². The molecule has 0 unspecified atom stereocenters. The first-order chi connectivity index (χ1) is 14.2. The van der Waals surface area contributed by atoms with Crippen molar-refractivity contribution in [3.63, 3.8) is 0 Å². The fourth-order valence-corrected chi connectivity index (χ4v) is 3.55. The Balaban J connectivity index is 1.46. The van der Waals surface area contributed by atoms with E-state index in [2.05, 4.69) is 36.3 Å². The summed E-state index contributed by atoms with van der Waals surface area (Å²) in [6.07, 6.45) is 0. The molecule has 0 spiro atoms. The number of halogens is 1. The van der Waals surface area contributed by atoms with Crippen molar-refractivity contribution in [2.24, 2.45) is 0 Å². The van der Waals surface area contributed by atoms with E-state index in [9.17, 15) is 0 Å². The molecule has 0 saturated heterocycles. The van der Waals surface area contributed by atoms with Crippen LogP contribution in [0.15, 0.2) is 61.0 Å². The largest absolute Gasteiger partial charge is 0.497 e. The molecule has 0 aliphatic heterocycles. The van der Waals surface area contributed by atoms with Crippen molar-refractivity contribution in [2.45, 2.75) is 11.0 Å². The van der Waals surface area contributed by atoms with E-state index in [1.807, 2.05) is 24.3 Å². The highest BCUT2D eigenvalue weighted by Crippen LogP contribution is 2.32. The van der Waals surface area contributed by atoms with Gasteiger partial charge in [0, 0.05) is 16.1 Å². The molecule has 0 bridgehead atoms. The van der Waals surface area contributed by atoms with Crippen LogP contribution in [0.4, 0.5) is 0 Å². The normalized spacial score (nSPS) is 10.9. The zero-order valence-electron chi connectivity index (χ0n) is 15.5. The Morgan fingerprint density at radius 1 is 0.897 bits per heavy atom. The van der Waals surface area contributed by atoms with Crippen molar-refractivity contribution in [1.29, 1.82) is 0 Å². The molecule has 0 N–H and O–H groups in total. The van der Waals surface area contributed by atoms with Gasteiger partial charge in [-0.15, -0.1) is 20.4 Å². The number of aromatic nitrogens is 4. The third kappa shape index (κ3) is 4.43. The molecule has 4 aromatic rings. The van der Waals surface area contributed by atoms with E-state index >= 15 is 0 Å². The topological polar surface area (TPSA) is 96.3 Å². The second kappa shape index (κ2) is 8.66. The first-order valence-electron chi connectivity index (χ1n) is 8.43. The van der Waals surface area contributed by atoms with E-state index in [1.165, 1.54) is 11.8 Å². The number of thioether (sulfide) groups is 1. The van der Waals surface area contributed by atoms with Gasteiger partial charge in [-0.3, -0.25) is 0 Å². The lowest BCUT2D eigenvalue weighted by molar-refractivity contribution is 0.394. The lowest BCUT2D eigenvalue weighted by atomic mass is 10.2. The van der Waals surface area contributed by atoms with Gasteiger partial charge in [-0.25, -0.2) is 0 Å². The molecule has 29 heavy (non-hydrogen) atoms. The molecule has 0 amide bonds. The summed E-state index contributed by atoms with van der Waals surface area (Å²) in [5.74, 6) is 2.95. The summed E-state index contributed by atoms with van der Waals surface area (Å²) < 4.78 is 22.9. The summed E-state index contributed by atoms with van der Waals surface area (Å²) in [5, 5.41) is 16.7. The molecule has 0 saturated carbocycles. The van der Waals surface area contributed by atoms with E-state index < -0.39 is 0 Å². The van der Waals surface area contributed by atoms with Gasteiger partial charge in [0.05, 0.1) is 25.5 Å². The molecule has 4 rings (SSSR count). The van der Waals surface area contributed by atoms with Crippen LogP contribution in [0.1, 0.15) is 5.89 Å². The van der Waals surface area contributed by atoms with Crippen LogP contribution in [0, 0.1) is 0 Å². The molecule has 0 atom stereocenters. The lowest BCUT2D eigenvalue weighted by Crippen LogP contribution is -1.88. The van der Waals surface area contributed by atoms with Crippen molar-refractivity contribution in [2.75, 3.05) is 14.2 Å². The Kier molecular flexibility index (Phi) is 5.81. The number of rotatable bonds is 7. The molecule has 148 valence electrons. The average Bonchev–Trinajstić information content (AvgIpc) is 3.42. The maximum atomic E-state index is 5.73. The maximum Gasteiger partial charge on any atom is 0.277 e. The third-order valence-electron chi connectivity index (χ3n) is 3.90. The average molecular weight is 475 g/mol. The molecule has 0 fully saturated rings. The van der Waals surface area contributed by atoms with Gasteiger partial charge in [-0.05, 0) is 40.2 Å². The number of ether oxygens (including phenoxy) is 2. The van der Waals surface area contributed by atoms with Crippen molar-refractivity contribution < 1.29 is 18.3 Å². The number of benzene rings is 2. The Bertz CT molecular complexity index is 1110. The van der Waals surface area contributed by atoms with Crippen LogP contribution in [-0.2, 0) is 5.75 Å². The standard InChI is InChI=1S/C19H15BrN4O4S/c1-25-12-7-11(8-13(9-12)26-2)17-22-24-19(28-17)29-10-16-21-23-18(27-16)14-5-3-4-6-15(14)20/h3-9H,10H2,1-2H3. The van der Waals surface area contributed by atoms with E-state index in [4.69, 9.17) is 18.3 Å². The van der Waals surface area contributed by atoms with Gasteiger partial charge in [0.25, 0.3) is 5.22 Å². The summed E-state index contributed by atoms with van der Waals surface area (Å²) >= 11 is 4.79. The Morgan fingerprint density at radius 2 is 1.62 bits per heavy atom. The SMILES string of the molecule is COc1cc(OC)cc(-c2nnc(SCc3nnc(-c4ccccc4Br)o3)o2)c1. The van der Waals surface area contributed by atoms with Gasteiger partial charge in [-0.1, -0.05) is 23.9 Å². The monoisotopic (exact) mass is 474 g/mol. The van der Waals surface area contributed by atoms with Crippen LogP contribution in [0.2, 0.25) is 0 Å². The van der Waals surface area contributed by atoms with Gasteiger partial charge in [0.2, 0.25) is 17.7 Å². The molecule has 0 aliphatic carbocycles. The van der Waals surface area contributed by atoms with E-state index in [1.54, 1.807) is 32.4 Å². The Morgan fingerprint density at radius 3 is 2.34 bits per heavy atom. The Labute approximate surface area is 178 Å². The van der Waals surface area contributed by atoms with Gasteiger partial charge in [0.15, 0.2) is 0 Å². The highest BCUT2D eigenvalue weighted by Gasteiger charge is 2.15. The second-order valence-electron chi connectivity index (χ2n) is 5.74. The fraction of sp³-hybridized carbons (Fsp3) is 0.158. The van der Waals surface area contributed by atoms with Crippen molar-refractivity contribution in [1.82, 2.24) is 20.4 Å². The van der Waals surface area contributed by atoms with Crippen molar-refractivity contribution >= 4 is 27.7 Å². The van der Waals surface area contributed by atoms with Crippen LogP contribution < -0.4 is 9.47 Å². The summed E-state index contributed by atoms with van der Waals surface area (Å²) in [5.41, 5.74) is 1.54. The molecule has 2 heterocycles. The predicted octanol–water partition coefficient (Wildman–Crippen LogP) is 4.86. The molecule has 8 nitrogen and oxygen atoms in total. The predicted molar refractivity (Wildman–Crippen MR) is 110 cm³/mol. The number of hydrogen-bond donors (Lipinski definition) is 0. The summed E-state index contributed by atoms with van der Waals surface area (Å²) in [7, 11) is 3.17. The second-order valence-corrected chi connectivity index (χ2v) is 7.52. The molecular weight excluding hydrogens is 460 g/mol. The minimum Gasteiger partial charge on any atom is -0.497 e. The van der Waals surface area contributed by atoms with Crippen LogP contribution in [0.3, 0.4) is 0 Å². The number of methoxy groups -OCH3 is 2. The van der Waals surface area contributed by atoms with E-state index in [0.717, 1.165) is 10.0 Å². The molecule has 0 radical (unpaired) electrons. The van der Waals surface area contributed by atoms with E-state index in [0.29, 0.717) is 45.7 Å². The van der Waals surface area contributed by atoms with Crippen LogP contribution >= 0.6 is 27.7 Å². The van der Waals surface area contributed by atoms with Gasteiger partial charge >= 0.3 is 0 Å². The van der Waals surface area contributed by atoms with Crippen LogP contribution in [-0.4, -0.2) is 34.6 Å². The minimum atomic E-state index is 0.365. The molecule has 0 aliphatic rings. The van der Waals surface area contributed by atoms with Crippen molar-refractivity contribution in [3.05, 3.63) is 52.8 Å². The summed E-state index contributed by atoms with van der Waals surface area (Å²) in [6.45, 7) is 0. The molecule has 2 aromatic carbocycles. The molecule has 2 aromatic heterocycles. The smallest absolute Gasteiger partial charge is 0.277 e. The Hall–Kier alpha value is -2.85. The van der Waals surface area contributed by atoms with Gasteiger partial charge < -0.3 is 18.3 Å². The highest BCUT2D eigenvalue weighted by atomic mass is 79.9. The fourth-order valence-electron chi connectivity index (χ4n) is 2.49. The number of hydrogen-bond acceptors (Lipinski definition) is 9. The summed E-state index contributed by atoms with van der Waals surface area (Å²) in [4.78, 5) is 0. The van der Waals surface area contributed by atoms with E-state index in [-0.39, 0.29) is 0 Å². The molecule has 10 heteroatoms.